The fourth-order valence-electron chi connectivity index (χ4n) is 2.27. The van der Waals surface area contributed by atoms with Gasteiger partial charge >= 0.3 is 0 Å². The van der Waals surface area contributed by atoms with E-state index < -0.39 is 0 Å². The van der Waals surface area contributed by atoms with Gasteiger partial charge in [-0.15, -0.1) is 0 Å². The van der Waals surface area contributed by atoms with Crippen molar-refractivity contribution >= 4 is 5.91 Å². The van der Waals surface area contributed by atoms with Gasteiger partial charge in [-0.3, -0.25) is 4.79 Å². The van der Waals surface area contributed by atoms with E-state index in [9.17, 15) is 9.18 Å². The van der Waals surface area contributed by atoms with Gasteiger partial charge in [-0.1, -0.05) is 12.1 Å². The first-order valence-corrected chi connectivity index (χ1v) is 6.44. The van der Waals surface area contributed by atoms with Crippen LogP contribution in [-0.2, 0) is 11.2 Å². The number of rotatable bonds is 5. The van der Waals surface area contributed by atoms with Crippen LogP contribution < -0.4 is 5.73 Å². The van der Waals surface area contributed by atoms with Gasteiger partial charge in [-0.2, -0.15) is 0 Å². The molecule has 98 valence electrons. The second-order valence-corrected chi connectivity index (χ2v) is 4.77. The van der Waals surface area contributed by atoms with Crippen molar-refractivity contribution in [2.75, 3.05) is 13.1 Å². The highest BCUT2D eigenvalue weighted by Crippen LogP contribution is 2.25. The number of amides is 1. The summed E-state index contributed by atoms with van der Waals surface area (Å²) >= 11 is 0. The second-order valence-electron chi connectivity index (χ2n) is 4.77. The third-order valence-corrected chi connectivity index (χ3v) is 3.45. The largest absolute Gasteiger partial charge is 0.338 e. The zero-order chi connectivity index (χ0) is 13.0. The van der Waals surface area contributed by atoms with E-state index in [1.54, 1.807) is 12.1 Å². The molecule has 1 saturated carbocycles. The third-order valence-electron chi connectivity index (χ3n) is 3.45. The van der Waals surface area contributed by atoms with Gasteiger partial charge in [-0.05, 0) is 37.0 Å². The Morgan fingerprint density at radius 3 is 2.78 bits per heavy atom. The lowest BCUT2D eigenvalue weighted by Crippen LogP contribution is -2.47. The van der Waals surface area contributed by atoms with Crippen molar-refractivity contribution in [2.24, 2.45) is 5.73 Å². The van der Waals surface area contributed by atoms with Crippen molar-refractivity contribution in [2.45, 2.75) is 31.7 Å². The predicted octanol–water partition coefficient (Wildman–Crippen LogP) is 1.71. The lowest BCUT2D eigenvalue weighted by atomic mass is 9.91. The molecule has 0 atom stereocenters. The van der Waals surface area contributed by atoms with Crippen LogP contribution in [0.5, 0.6) is 0 Å². The molecule has 0 spiro atoms. The van der Waals surface area contributed by atoms with E-state index in [4.69, 9.17) is 5.73 Å². The molecule has 2 N–H and O–H groups in total. The number of carbonyl (C=O) groups is 1. The molecule has 0 radical (unpaired) electrons. The molecule has 3 nitrogen and oxygen atoms in total. The number of benzene rings is 1. The summed E-state index contributed by atoms with van der Waals surface area (Å²) in [5.41, 5.74) is 6.27. The van der Waals surface area contributed by atoms with Crippen molar-refractivity contribution < 1.29 is 9.18 Å². The van der Waals surface area contributed by atoms with Gasteiger partial charge in [0.25, 0.3) is 0 Å². The van der Waals surface area contributed by atoms with E-state index in [-0.39, 0.29) is 18.1 Å². The summed E-state index contributed by atoms with van der Waals surface area (Å²) in [6.45, 7) is 1.07. The van der Waals surface area contributed by atoms with Crippen molar-refractivity contribution in [3.8, 4) is 0 Å². The van der Waals surface area contributed by atoms with Crippen LogP contribution in [0.1, 0.15) is 24.8 Å². The molecule has 0 aliphatic heterocycles. The van der Waals surface area contributed by atoms with Crippen molar-refractivity contribution in [3.63, 3.8) is 0 Å². The standard InChI is InChI=1S/C14H19FN2O/c15-12-4-1-3-11(9-12)10-14(18)17(8-7-16)13-5-2-6-13/h1,3-4,9,13H,2,5-8,10,16H2. The van der Waals surface area contributed by atoms with Crippen LogP contribution in [0.2, 0.25) is 0 Å². The Balaban J connectivity index is 2.00. The molecule has 1 aliphatic carbocycles. The Kier molecular flexibility index (Phi) is 4.31. The molecule has 1 aliphatic rings. The Hall–Kier alpha value is -1.42. The van der Waals surface area contributed by atoms with Crippen LogP contribution in [0.15, 0.2) is 24.3 Å². The highest BCUT2D eigenvalue weighted by molar-refractivity contribution is 5.79. The summed E-state index contributed by atoms with van der Waals surface area (Å²) in [5, 5.41) is 0. The van der Waals surface area contributed by atoms with Crippen LogP contribution in [0, 0.1) is 5.82 Å². The van der Waals surface area contributed by atoms with Crippen LogP contribution >= 0.6 is 0 Å². The lowest BCUT2D eigenvalue weighted by molar-refractivity contribution is -0.134. The van der Waals surface area contributed by atoms with E-state index in [1.807, 2.05) is 4.90 Å². The average Bonchev–Trinajstić information content (AvgIpc) is 2.26. The zero-order valence-electron chi connectivity index (χ0n) is 10.4. The van der Waals surface area contributed by atoms with Crippen molar-refractivity contribution in [1.82, 2.24) is 4.90 Å². The number of hydrogen-bond acceptors (Lipinski definition) is 2. The summed E-state index contributed by atoms with van der Waals surface area (Å²) in [6.07, 6.45) is 3.57. The van der Waals surface area contributed by atoms with E-state index in [1.165, 1.54) is 18.6 Å². The highest BCUT2D eigenvalue weighted by Gasteiger charge is 2.27. The lowest BCUT2D eigenvalue weighted by Gasteiger charge is -2.37. The normalized spacial score (nSPS) is 15.2. The van der Waals surface area contributed by atoms with Crippen LogP contribution in [0.25, 0.3) is 0 Å². The molecule has 4 heteroatoms. The first kappa shape index (κ1) is 13.0. The molecular formula is C14H19FN2O. The minimum atomic E-state index is -0.297. The van der Waals surface area contributed by atoms with Gasteiger partial charge in [0.05, 0.1) is 6.42 Å². The number of carbonyl (C=O) groups excluding carboxylic acids is 1. The molecule has 0 bridgehead atoms. The van der Waals surface area contributed by atoms with Crippen LogP contribution in [0.3, 0.4) is 0 Å². The van der Waals surface area contributed by atoms with Crippen LogP contribution in [-0.4, -0.2) is 29.9 Å². The monoisotopic (exact) mass is 250 g/mol. The maximum absolute atomic E-state index is 13.1. The summed E-state index contributed by atoms with van der Waals surface area (Å²) < 4.78 is 13.1. The van der Waals surface area contributed by atoms with Gasteiger partial charge in [0.1, 0.15) is 5.82 Å². The van der Waals surface area contributed by atoms with Gasteiger partial charge < -0.3 is 10.6 Å². The van der Waals surface area contributed by atoms with Gasteiger partial charge in [0.2, 0.25) is 5.91 Å². The van der Waals surface area contributed by atoms with Gasteiger partial charge in [0.15, 0.2) is 0 Å². The van der Waals surface area contributed by atoms with E-state index in [0.717, 1.165) is 18.4 Å². The number of hydrogen-bond donors (Lipinski definition) is 1. The van der Waals surface area contributed by atoms with Gasteiger partial charge in [0, 0.05) is 19.1 Å². The molecule has 0 unspecified atom stereocenters. The molecule has 1 fully saturated rings. The van der Waals surface area contributed by atoms with Crippen molar-refractivity contribution in [3.05, 3.63) is 35.6 Å². The molecule has 1 aromatic carbocycles. The third kappa shape index (κ3) is 3.07. The minimum Gasteiger partial charge on any atom is -0.338 e. The fraction of sp³-hybridized carbons (Fsp3) is 0.500. The topological polar surface area (TPSA) is 46.3 Å². The molecule has 18 heavy (non-hydrogen) atoms. The number of nitrogens with two attached hydrogens (primary N) is 1. The van der Waals surface area contributed by atoms with Gasteiger partial charge in [-0.25, -0.2) is 4.39 Å². The SMILES string of the molecule is NCCN(C(=O)Cc1cccc(F)c1)C1CCC1. The quantitative estimate of drug-likeness (QED) is 0.864. The van der Waals surface area contributed by atoms with E-state index >= 15 is 0 Å². The fourth-order valence-corrected chi connectivity index (χ4v) is 2.27. The molecule has 0 aromatic heterocycles. The van der Waals surface area contributed by atoms with E-state index in [2.05, 4.69) is 0 Å². The summed E-state index contributed by atoms with van der Waals surface area (Å²) in [7, 11) is 0. The molecular weight excluding hydrogens is 231 g/mol. The second kappa shape index (κ2) is 5.96. The predicted molar refractivity (Wildman–Crippen MR) is 68.5 cm³/mol. The Bertz CT molecular complexity index is 418. The summed E-state index contributed by atoms with van der Waals surface area (Å²) in [6, 6.07) is 6.56. The first-order valence-electron chi connectivity index (χ1n) is 6.44. The highest BCUT2D eigenvalue weighted by atomic mass is 19.1. The minimum absolute atomic E-state index is 0.0516. The molecule has 1 amide bonds. The molecule has 0 saturated heterocycles. The number of nitrogens with zero attached hydrogens (tertiary/aromatic N) is 1. The Labute approximate surface area is 107 Å². The smallest absolute Gasteiger partial charge is 0.227 e. The van der Waals surface area contributed by atoms with E-state index in [0.29, 0.717) is 19.1 Å². The molecule has 0 heterocycles. The summed E-state index contributed by atoms with van der Waals surface area (Å²) in [5.74, 6) is -0.245. The summed E-state index contributed by atoms with van der Waals surface area (Å²) in [4.78, 5) is 14.1. The maximum Gasteiger partial charge on any atom is 0.227 e. The first-order chi connectivity index (χ1) is 8.70. The number of halogens is 1. The average molecular weight is 250 g/mol. The maximum atomic E-state index is 13.1. The Morgan fingerprint density at radius 1 is 1.44 bits per heavy atom. The molecule has 2 rings (SSSR count). The van der Waals surface area contributed by atoms with Crippen LogP contribution in [0.4, 0.5) is 4.39 Å². The molecule has 1 aromatic rings. The zero-order valence-corrected chi connectivity index (χ0v) is 10.4. The van der Waals surface area contributed by atoms with Crippen molar-refractivity contribution in [1.29, 1.82) is 0 Å². The Morgan fingerprint density at radius 2 is 2.22 bits per heavy atom.